The van der Waals surface area contributed by atoms with Crippen LogP contribution >= 0.6 is 0 Å². The first-order valence-corrected chi connectivity index (χ1v) is 32.8. The number of para-hydroxylation sites is 8. The predicted octanol–water partition coefficient (Wildman–Crippen LogP) is 16.5. The monoisotopic (exact) mass is 1360 g/mol. The topological polar surface area (TPSA) is 19.4 Å². The second-order valence-corrected chi connectivity index (χ2v) is 26.4. The Labute approximate surface area is 576 Å². The van der Waals surface area contributed by atoms with Gasteiger partial charge >= 0.3 is 0 Å². The van der Waals surface area contributed by atoms with Crippen molar-refractivity contribution in [2.24, 2.45) is 0 Å². The Balaban J connectivity index is 0.977. The van der Waals surface area contributed by atoms with Gasteiger partial charge < -0.3 is 29.4 Å². The molecule has 0 bridgehead atoms. The summed E-state index contributed by atoms with van der Waals surface area (Å²) in [6.07, 6.45) is 0. The Morgan fingerprint density at radius 2 is 0.373 bits per heavy atom. The molecule has 0 spiro atoms. The molecule has 21 heteroatoms. The fraction of sp³-hybridized carbons (Fsp3) is 0.0370. The fourth-order valence-electron chi connectivity index (χ4n) is 16.9. The van der Waals surface area contributed by atoms with Crippen LogP contribution in [0.15, 0.2) is 218 Å². The minimum atomic E-state index is -1.21. The zero-order chi connectivity index (χ0) is 69.9. The summed E-state index contributed by atoms with van der Waals surface area (Å²) in [5.41, 5.74) is 3.35. The predicted molar refractivity (Wildman–Crippen MR) is 382 cm³/mol. The van der Waals surface area contributed by atoms with Gasteiger partial charge in [-0.05, 0) is 220 Å². The average Bonchev–Trinajstić information content (AvgIpc) is 0.680. The maximum Gasteiger partial charge on any atom is 0.252 e. The third-order valence-electron chi connectivity index (χ3n) is 20.7. The van der Waals surface area contributed by atoms with E-state index in [9.17, 15) is 0 Å². The van der Waals surface area contributed by atoms with E-state index in [0.29, 0.717) is 60.8 Å². The first kappa shape index (κ1) is 61.1. The number of nitrogens with zero attached hydrogens (tertiary/aromatic N) is 6. The van der Waals surface area contributed by atoms with Crippen molar-refractivity contribution >= 4 is 172 Å². The summed E-state index contributed by atoms with van der Waals surface area (Å²) in [6.45, 7) is 1.96. The van der Waals surface area contributed by atoms with E-state index in [1.54, 1.807) is 130 Å². The maximum atomic E-state index is 17.6. The van der Waals surface area contributed by atoms with Crippen LogP contribution in [0.2, 0.25) is 0 Å². The second kappa shape index (κ2) is 22.0. The summed E-state index contributed by atoms with van der Waals surface area (Å²) in [6, 6.07) is 51.2. The molecule has 6 aliphatic rings. The summed E-state index contributed by atoms with van der Waals surface area (Å²) >= 11 is 0. The molecule has 102 heavy (non-hydrogen) atoms. The molecule has 0 aliphatic carbocycles. The lowest BCUT2D eigenvalue weighted by Gasteiger charge is -2.48. The molecule has 0 saturated carbocycles. The van der Waals surface area contributed by atoms with Gasteiger partial charge in [0, 0.05) is 68.2 Å². The van der Waals surface area contributed by atoms with E-state index in [1.807, 2.05) is 0 Å². The normalized spacial score (nSPS) is 13.9. The van der Waals surface area contributed by atoms with Gasteiger partial charge in [-0.15, -0.1) is 0 Å². The molecule has 0 unspecified atom stereocenters. The highest BCUT2D eigenvalue weighted by Crippen LogP contribution is 2.54. The summed E-state index contributed by atoms with van der Waals surface area (Å²) in [5, 5.41) is 0. The van der Waals surface area contributed by atoms with Crippen molar-refractivity contribution in [2.75, 3.05) is 29.4 Å². The van der Waals surface area contributed by atoms with Gasteiger partial charge in [0.05, 0.1) is 0 Å². The number of anilines is 18. The van der Waals surface area contributed by atoms with Crippen LogP contribution in [0.3, 0.4) is 0 Å². The lowest BCUT2D eigenvalue weighted by molar-refractivity contribution is 0.584. The second-order valence-electron chi connectivity index (χ2n) is 26.4. The number of halogens is 12. The highest BCUT2D eigenvalue weighted by atomic mass is 19.2. The van der Waals surface area contributed by atoms with Crippen molar-refractivity contribution in [1.29, 1.82) is 0 Å². The van der Waals surface area contributed by atoms with Crippen LogP contribution in [0.1, 0.15) is 16.7 Å². The Morgan fingerprint density at radius 3 is 0.588 bits per heavy atom. The van der Waals surface area contributed by atoms with E-state index >= 15 is 52.7 Å². The largest absolute Gasteiger partial charge is 0.306 e. The summed E-state index contributed by atoms with van der Waals surface area (Å²) in [4.78, 5) is 8.35. The van der Waals surface area contributed by atoms with E-state index in [0.717, 1.165) is 72.8 Å². The molecule has 6 aliphatic heterocycles. The van der Waals surface area contributed by atoms with E-state index in [1.165, 1.54) is 65.8 Å². The molecular weight excluding hydrogens is 1320 g/mol. The van der Waals surface area contributed by atoms with Gasteiger partial charge in [0.15, 0.2) is 0 Å². The molecule has 0 amide bonds. The smallest absolute Gasteiger partial charge is 0.252 e. The van der Waals surface area contributed by atoms with Crippen LogP contribution in [-0.2, 0) is 0 Å². The van der Waals surface area contributed by atoms with Crippen molar-refractivity contribution < 1.29 is 52.7 Å². The average molecular weight is 1360 g/mol. The third kappa shape index (κ3) is 8.38. The highest BCUT2D eigenvalue weighted by Gasteiger charge is 2.53. The summed E-state index contributed by atoms with van der Waals surface area (Å²) in [5.74, 6) is -12.0. The lowest BCUT2D eigenvalue weighted by Crippen LogP contribution is -2.67. The number of fused-ring (bicyclic) bond motifs is 12. The standard InChI is InChI=1S/C81H45B3F12N6/c1-40-30-67-73-69(32-40)99(78-53(89)20-10-21-54(78)90)63-38-65-47(36-45(63)82(73)43-14-4-6-28-61(43)97(67)76-49(85)16-8-17-50(76)86)84-48-37-46-64(39-66(48)102(81-59(95)26-13-27-60(81)96)72-35-42(3)34-71(75(72)84)101(65)80-57(93)24-12-25-58(80)94)100(79-55(91)22-11-23-56(79)92)70-33-41(2)31-68-74(70)83(46)44-15-5-7-29-62(44)98(68)77-51(87)18-9-19-52(77)88/h4-39H,1-3H3. The fourth-order valence-corrected chi connectivity index (χ4v) is 16.9. The van der Waals surface area contributed by atoms with Gasteiger partial charge in [-0.25, -0.2) is 52.7 Å². The van der Waals surface area contributed by atoms with Gasteiger partial charge in [0.1, 0.15) is 104 Å². The summed E-state index contributed by atoms with van der Waals surface area (Å²) in [7, 11) is 0. The molecule has 6 nitrogen and oxygen atoms in total. The minimum absolute atomic E-state index is 0.0574. The van der Waals surface area contributed by atoms with E-state index in [-0.39, 0.29) is 73.3 Å². The molecule has 0 aromatic heterocycles. The van der Waals surface area contributed by atoms with Crippen molar-refractivity contribution in [3.05, 3.63) is 305 Å². The van der Waals surface area contributed by atoms with Gasteiger partial charge in [-0.1, -0.05) is 84.9 Å². The first-order valence-electron chi connectivity index (χ1n) is 32.8. The third-order valence-corrected chi connectivity index (χ3v) is 20.7. The van der Waals surface area contributed by atoms with Crippen LogP contribution in [0.25, 0.3) is 0 Å². The summed E-state index contributed by atoms with van der Waals surface area (Å²) < 4.78 is 207. The Hall–Kier alpha value is -12.0. The van der Waals surface area contributed by atoms with Crippen molar-refractivity contribution in [3.8, 4) is 0 Å². The Kier molecular flexibility index (Phi) is 13.2. The molecule has 0 fully saturated rings. The Bertz CT molecular complexity index is 5460. The van der Waals surface area contributed by atoms with Gasteiger partial charge in [-0.3, -0.25) is 0 Å². The highest BCUT2D eigenvalue weighted by molar-refractivity contribution is 7.04. The molecule has 13 aromatic rings. The molecule has 0 radical (unpaired) electrons. The molecule has 19 rings (SSSR count). The molecule has 13 aromatic carbocycles. The van der Waals surface area contributed by atoms with Crippen molar-refractivity contribution in [3.63, 3.8) is 0 Å². The quantitative estimate of drug-likeness (QED) is 0.121. The molecule has 492 valence electrons. The zero-order valence-electron chi connectivity index (χ0n) is 53.7. The van der Waals surface area contributed by atoms with Gasteiger partial charge in [0.25, 0.3) is 20.1 Å². The maximum absolute atomic E-state index is 17.6. The van der Waals surface area contributed by atoms with Crippen LogP contribution in [0, 0.1) is 90.6 Å². The zero-order valence-corrected chi connectivity index (χ0v) is 53.7. The Morgan fingerprint density at radius 1 is 0.186 bits per heavy atom. The van der Waals surface area contributed by atoms with E-state index < -0.39 is 124 Å². The number of hydrogen-bond donors (Lipinski definition) is 0. The van der Waals surface area contributed by atoms with Crippen LogP contribution in [0.5, 0.6) is 0 Å². The molecule has 0 N–H and O–H groups in total. The van der Waals surface area contributed by atoms with Gasteiger partial charge in [0.2, 0.25) is 0 Å². The van der Waals surface area contributed by atoms with Crippen molar-refractivity contribution in [2.45, 2.75) is 20.8 Å². The van der Waals surface area contributed by atoms with Gasteiger partial charge in [-0.2, -0.15) is 0 Å². The minimum Gasteiger partial charge on any atom is -0.306 e. The van der Waals surface area contributed by atoms with Crippen LogP contribution in [-0.4, -0.2) is 20.1 Å². The van der Waals surface area contributed by atoms with E-state index in [2.05, 4.69) is 0 Å². The lowest BCUT2D eigenvalue weighted by atomic mass is 9.29. The number of hydrogen-bond acceptors (Lipinski definition) is 6. The number of rotatable bonds is 6. The van der Waals surface area contributed by atoms with E-state index in [4.69, 9.17) is 0 Å². The molecule has 6 heterocycles. The van der Waals surface area contributed by atoms with Crippen molar-refractivity contribution in [1.82, 2.24) is 0 Å². The molecule has 0 atom stereocenters. The van der Waals surface area contributed by atoms with Crippen LogP contribution in [0.4, 0.5) is 155 Å². The number of benzene rings is 13. The molecular formula is C81H45B3F12N6. The number of aryl methyl sites for hydroxylation is 3. The molecule has 0 saturated heterocycles. The first-order chi connectivity index (χ1) is 49.4. The SMILES string of the molecule is Cc1cc2c3c(c1)N(c1c(F)cccc1F)c1cc4c(cc1B3c1ccccc1N2c1c(F)cccc1F)B1c2cc3c(cc2N(c2c(F)cccc2F)c2cc(C)cc(c21)N4c1c(F)cccc1F)N(c1c(F)cccc1F)c1cc(C)cc2c1B3c1ccccc1N2c1c(F)cccc1F. The van der Waals surface area contributed by atoms with Crippen LogP contribution < -0.4 is 78.6 Å².